The number of halogens is 1. The number of piperazine rings is 1. The highest BCUT2D eigenvalue weighted by molar-refractivity contribution is 7.94. The molecule has 0 saturated carbocycles. The van der Waals surface area contributed by atoms with Crippen molar-refractivity contribution in [2.45, 2.75) is 30.2 Å². The summed E-state index contributed by atoms with van der Waals surface area (Å²) in [7, 11) is -3.47. The van der Waals surface area contributed by atoms with Gasteiger partial charge in [0.2, 0.25) is 11.9 Å². The van der Waals surface area contributed by atoms with Gasteiger partial charge in [0, 0.05) is 37.6 Å². The van der Waals surface area contributed by atoms with Crippen LogP contribution < -0.4 is 21.3 Å². The van der Waals surface area contributed by atoms with E-state index >= 15 is 0 Å². The summed E-state index contributed by atoms with van der Waals surface area (Å²) in [4.78, 5) is 23.4. The molecule has 37 heavy (non-hydrogen) atoms. The Morgan fingerprint density at radius 3 is 2.68 bits per heavy atom. The molecule has 198 valence electrons. The molecule has 1 aliphatic rings. The number of nitrogens with zero attached hydrogens (tertiary/aromatic N) is 3. The van der Waals surface area contributed by atoms with E-state index in [0.717, 1.165) is 43.1 Å². The van der Waals surface area contributed by atoms with E-state index in [1.807, 2.05) is 25.1 Å². The summed E-state index contributed by atoms with van der Waals surface area (Å²) in [5, 5.41) is 13.8. The van der Waals surface area contributed by atoms with Crippen LogP contribution in [-0.4, -0.2) is 67.2 Å². The van der Waals surface area contributed by atoms with Crippen LogP contribution in [0.15, 0.2) is 40.1 Å². The van der Waals surface area contributed by atoms with Crippen LogP contribution in [0.5, 0.6) is 0 Å². The molecule has 0 atom stereocenters. The number of anilines is 5. The molecule has 3 aromatic rings. The fourth-order valence-corrected chi connectivity index (χ4v) is 6.54. The van der Waals surface area contributed by atoms with Gasteiger partial charge in [-0.3, -0.25) is 9.69 Å². The van der Waals surface area contributed by atoms with E-state index in [1.54, 1.807) is 25.3 Å². The fourth-order valence-electron chi connectivity index (χ4n) is 3.69. The monoisotopic (exact) mass is 563 g/mol. The highest BCUT2D eigenvalue weighted by Crippen LogP contribution is 2.34. The zero-order valence-electron chi connectivity index (χ0n) is 20.8. The highest BCUT2D eigenvalue weighted by atomic mass is 35.5. The zero-order valence-corrected chi connectivity index (χ0v) is 23.2. The van der Waals surface area contributed by atoms with Gasteiger partial charge in [-0.15, -0.1) is 11.3 Å². The normalized spacial score (nSPS) is 14.5. The summed E-state index contributed by atoms with van der Waals surface area (Å²) >= 11 is 7.47. The number of benzene rings is 1. The van der Waals surface area contributed by atoms with Crippen molar-refractivity contribution in [3.8, 4) is 0 Å². The Morgan fingerprint density at radius 1 is 1.19 bits per heavy atom. The predicted octanol–water partition coefficient (Wildman–Crippen LogP) is 4.01. The number of hydrogen-bond donors (Lipinski definition) is 4. The van der Waals surface area contributed by atoms with Crippen molar-refractivity contribution in [2.24, 2.45) is 0 Å². The number of hydrogen-bond acceptors (Lipinski definition) is 10. The van der Waals surface area contributed by atoms with E-state index in [-0.39, 0.29) is 26.9 Å². The second-order valence-electron chi connectivity index (χ2n) is 8.96. The number of nitrogens with one attached hydrogen (secondary N) is 4. The molecule has 0 radical (unpaired) electrons. The molecule has 1 aliphatic heterocycles. The first-order valence-corrected chi connectivity index (χ1v) is 14.7. The van der Waals surface area contributed by atoms with Crippen LogP contribution in [0.25, 0.3) is 0 Å². The van der Waals surface area contributed by atoms with Crippen LogP contribution in [0.3, 0.4) is 0 Å². The van der Waals surface area contributed by atoms with Gasteiger partial charge >= 0.3 is 0 Å². The summed E-state index contributed by atoms with van der Waals surface area (Å²) in [5.74, 6) is 0.465. The predicted molar refractivity (Wildman–Crippen MR) is 149 cm³/mol. The maximum atomic E-state index is 12.7. The third kappa shape index (κ3) is 6.76. The SMILES string of the molecule is Cc1ccc(NC(=O)CN2CCNCC2)cc1Nc1ncc(Cl)c(Nc2ccsc2S(=O)(=O)C(C)C)n1. The van der Waals surface area contributed by atoms with Crippen molar-refractivity contribution in [3.05, 3.63) is 46.4 Å². The second-order valence-corrected chi connectivity index (χ2v) is 13.0. The second kappa shape index (κ2) is 11.7. The van der Waals surface area contributed by atoms with Crippen molar-refractivity contribution < 1.29 is 13.2 Å². The van der Waals surface area contributed by atoms with Gasteiger partial charge in [0.1, 0.15) is 9.23 Å². The average Bonchev–Trinajstić information content (AvgIpc) is 3.33. The molecule has 0 spiro atoms. The van der Waals surface area contributed by atoms with E-state index < -0.39 is 15.1 Å². The number of thiophene rings is 1. The molecule has 0 unspecified atom stereocenters. The topological polar surface area (TPSA) is 128 Å². The maximum absolute atomic E-state index is 12.7. The van der Waals surface area contributed by atoms with Crippen LogP contribution in [0.2, 0.25) is 5.02 Å². The minimum atomic E-state index is -3.47. The van der Waals surface area contributed by atoms with Crippen molar-refractivity contribution >= 4 is 67.5 Å². The Balaban J connectivity index is 1.49. The van der Waals surface area contributed by atoms with E-state index in [0.29, 0.717) is 23.6 Å². The van der Waals surface area contributed by atoms with Gasteiger partial charge in [-0.25, -0.2) is 13.4 Å². The first-order valence-electron chi connectivity index (χ1n) is 11.8. The van der Waals surface area contributed by atoms with Gasteiger partial charge in [0.05, 0.1) is 23.7 Å². The highest BCUT2D eigenvalue weighted by Gasteiger charge is 2.25. The molecule has 4 N–H and O–H groups in total. The summed E-state index contributed by atoms with van der Waals surface area (Å²) in [5.41, 5.74) is 2.71. The number of aryl methyl sites for hydroxylation is 1. The van der Waals surface area contributed by atoms with Crippen molar-refractivity contribution in [1.82, 2.24) is 20.2 Å². The molecule has 1 saturated heterocycles. The molecule has 1 amide bonds. The van der Waals surface area contributed by atoms with Gasteiger partial charge in [-0.1, -0.05) is 17.7 Å². The zero-order chi connectivity index (χ0) is 26.6. The molecule has 1 aromatic carbocycles. The Hall–Kier alpha value is -2.77. The third-order valence-electron chi connectivity index (χ3n) is 5.85. The van der Waals surface area contributed by atoms with Gasteiger partial charge in [0.15, 0.2) is 15.7 Å². The summed E-state index contributed by atoms with van der Waals surface area (Å²) in [6, 6.07) is 7.25. The minimum absolute atomic E-state index is 0.0751. The minimum Gasteiger partial charge on any atom is -0.337 e. The number of carbonyl (C=O) groups is 1. The molecular formula is C24H30ClN7O3S2. The third-order valence-corrected chi connectivity index (χ3v) is 9.80. The number of sulfone groups is 1. The lowest BCUT2D eigenvalue weighted by Gasteiger charge is -2.26. The first kappa shape index (κ1) is 27.3. The number of aromatic nitrogens is 2. The molecule has 4 rings (SSSR count). The van der Waals surface area contributed by atoms with Crippen LogP contribution in [0.1, 0.15) is 19.4 Å². The largest absolute Gasteiger partial charge is 0.337 e. The number of rotatable bonds is 9. The Labute approximate surface area is 225 Å². The van der Waals surface area contributed by atoms with Crippen molar-refractivity contribution in [1.29, 1.82) is 0 Å². The molecule has 10 nitrogen and oxygen atoms in total. The Morgan fingerprint density at radius 2 is 1.95 bits per heavy atom. The van der Waals surface area contributed by atoms with E-state index in [4.69, 9.17) is 11.6 Å². The molecule has 3 heterocycles. The van der Waals surface area contributed by atoms with E-state index in [2.05, 4.69) is 36.1 Å². The van der Waals surface area contributed by atoms with Crippen molar-refractivity contribution in [2.75, 3.05) is 48.7 Å². The maximum Gasteiger partial charge on any atom is 0.238 e. The quantitative estimate of drug-likeness (QED) is 0.305. The van der Waals surface area contributed by atoms with E-state index in [9.17, 15) is 13.2 Å². The molecule has 13 heteroatoms. The van der Waals surface area contributed by atoms with Crippen LogP contribution >= 0.6 is 22.9 Å². The van der Waals surface area contributed by atoms with Crippen LogP contribution in [0.4, 0.5) is 28.8 Å². The standard InChI is InChI=1S/C24H30ClN7O3S2/c1-15(2)37(34,35)23-19(6-11-36-23)29-22-18(25)13-27-24(31-22)30-20-12-17(5-4-16(20)3)28-21(33)14-32-9-7-26-8-10-32/h4-6,11-13,15,26H,7-10,14H2,1-3H3,(H,28,33)(H2,27,29,30,31). The van der Waals surface area contributed by atoms with Crippen LogP contribution in [-0.2, 0) is 14.6 Å². The lowest BCUT2D eigenvalue weighted by atomic mass is 10.2. The summed E-state index contributed by atoms with van der Waals surface area (Å²) in [6.45, 7) is 8.99. The van der Waals surface area contributed by atoms with E-state index in [1.165, 1.54) is 6.20 Å². The molecule has 0 bridgehead atoms. The molecule has 1 fully saturated rings. The smallest absolute Gasteiger partial charge is 0.238 e. The number of carbonyl (C=O) groups excluding carboxylic acids is 1. The molecule has 2 aromatic heterocycles. The Bertz CT molecular complexity index is 1370. The molecule has 0 aliphatic carbocycles. The average molecular weight is 564 g/mol. The van der Waals surface area contributed by atoms with Crippen molar-refractivity contribution in [3.63, 3.8) is 0 Å². The number of amides is 1. The first-order chi connectivity index (χ1) is 17.6. The van der Waals surface area contributed by atoms with Gasteiger partial charge < -0.3 is 21.3 Å². The Kier molecular flexibility index (Phi) is 8.65. The fraction of sp³-hybridized carbons (Fsp3) is 0.375. The lowest BCUT2D eigenvalue weighted by molar-refractivity contribution is -0.117. The summed E-state index contributed by atoms with van der Waals surface area (Å²) < 4.78 is 25.7. The molecular weight excluding hydrogens is 534 g/mol. The lowest BCUT2D eigenvalue weighted by Crippen LogP contribution is -2.46. The van der Waals surface area contributed by atoms with Crippen LogP contribution in [0, 0.1) is 6.92 Å². The van der Waals surface area contributed by atoms with Gasteiger partial charge in [-0.05, 0) is 49.9 Å². The summed E-state index contributed by atoms with van der Waals surface area (Å²) in [6.07, 6.45) is 1.44. The van der Waals surface area contributed by atoms with Gasteiger partial charge in [-0.2, -0.15) is 4.98 Å². The van der Waals surface area contributed by atoms with Gasteiger partial charge in [0.25, 0.3) is 0 Å².